The lowest BCUT2D eigenvalue weighted by molar-refractivity contribution is -0.162. The number of nitrogens with one attached hydrogen (secondary N) is 1. The zero-order valence-corrected chi connectivity index (χ0v) is 16.8. The van der Waals surface area contributed by atoms with E-state index in [0.29, 0.717) is 48.5 Å². The van der Waals surface area contributed by atoms with Crippen molar-refractivity contribution < 1.29 is 23.8 Å². The molecule has 2 bridgehead atoms. The number of amides is 1. The SMILES string of the molecule is CCOc1cc(C)c2ncc(F)c(CCC34CCC(NC(=O)O)(CC3)CO4)c2n1. The zero-order valence-electron chi connectivity index (χ0n) is 16.8. The van der Waals surface area contributed by atoms with E-state index in [0.717, 1.165) is 31.2 Å². The molecule has 156 valence electrons. The summed E-state index contributed by atoms with van der Waals surface area (Å²) >= 11 is 0. The van der Waals surface area contributed by atoms with Gasteiger partial charge in [0.15, 0.2) is 0 Å². The van der Waals surface area contributed by atoms with E-state index in [9.17, 15) is 9.18 Å². The number of halogens is 1. The number of pyridine rings is 2. The number of ether oxygens (including phenoxy) is 2. The van der Waals surface area contributed by atoms with Crippen molar-refractivity contribution in [1.82, 2.24) is 15.3 Å². The van der Waals surface area contributed by atoms with Crippen LogP contribution >= 0.6 is 0 Å². The predicted molar refractivity (Wildman–Crippen MR) is 105 cm³/mol. The molecule has 1 amide bonds. The Hall–Kier alpha value is -2.48. The zero-order chi connectivity index (χ0) is 20.6. The molecule has 1 aliphatic carbocycles. The maximum Gasteiger partial charge on any atom is 0.405 e. The molecule has 7 nitrogen and oxygen atoms in total. The van der Waals surface area contributed by atoms with Crippen LogP contribution in [0.25, 0.3) is 11.0 Å². The fraction of sp³-hybridized carbons (Fsp3) is 0.571. The molecular weight excluding hydrogens is 377 g/mol. The number of rotatable bonds is 6. The monoisotopic (exact) mass is 403 g/mol. The van der Waals surface area contributed by atoms with Crippen molar-refractivity contribution in [3.8, 4) is 5.88 Å². The highest BCUT2D eigenvalue weighted by Gasteiger charge is 2.50. The van der Waals surface area contributed by atoms with Crippen LogP contribution in [0.1, 0.15) is 50.2 Å². The van der Waals surface area contributed by atoms with Gasteiger partial charge in [0.2, 0.25) is 5.88 Å². The molecule has 1 saturated carbocycles. The van der Waals surface area contributed by atoms with Crippen LogP contribution in [0.2, 0.25) is 0 Å². The molecule has 0 spiro atoms. The molecule has 0 unspecified atom stereocenters. The Balaban J connectivity index is 1.56. The highest BCUT2D eigenvalue weighted by atomic mass is 19.1. The topological polar surface area (TPSA) is 93.6 Å². The van der Waals surface area contributed by atoms with Gasteiger partial charge in [-0.25, -0.2) is 14.2 Å². The molecule has 2 aliphatic heterocycles. The first-order valence-electron chi connectivity index (χ1n) is 10.1. The Morgan fingerprint density at radius 2 is 2.10 bits per heavy atom. The average molecular weight is 403 g/mol. The third-order valence-electron chi connectivity index (χ3n) is 6.31. The Morgan fingerprint density at radius 3 is 2.72 bits per heavy atom. The molecule has 8 heteroatoms. The van der Waals surface area contributed by atoms with E-state index in [-0.39, 0.29) is 11.4 Å². The fourth-order valence-corrected chi connectivity index (χ4v) is 4.61. The number of carboxylic acid groups (broad SMARTS) is 1. The average Bonchev–Trinajstić information content (AvgIpc) is 2.68. The standard InChI is InChI=1S/C21H26FN3O4/c1-3-28-16-10-13(2)17-18(24-16)14(15(22)11-23-17)4-5-21-8-6-20(7-9-21,12-29-21)25-19(26)27/h10-11,25H,3-9,12H2,1-2H3,(H,26,27). The normalized spacial score (nSPS) is 25.9. The number of carbonyl (C=O) groups is 1. The van der Waals surface area contributed by atoms with Gasteiger partial charge in [-0.15, -0.1) is 0 Å². The van der Waals surface area contributed by atoms with Crippen LogP contribution in [0.4, 0.5) is 9.18 Å². The first-order valence-corrected chi connectivity index (χ1v) is 10.1. The largest absolute Gasteiger partial charge is 0.478 e. The highest BCUT2D eigenvalue weighted by molar-refractivity contribution is 5.81. The summed E-state index contributed by atoms with van der Waals surface area (Å²) in [7, 11) is 0. The summed E-state index contributed by atoms with van der Waals surface area (Å²) in [5.74, 6) is 0.100. The lowest BCUT2D eigenvalue weighted by atomic mass is 9.69. The second-order valence-corrected chi connectivity index (χ2v) is 8.17. The van der Waals surface area contributed by atoms with Crippen LogP contribution in [-0.4, -0.2) is 45.5 Å². The van der Waals surface area contributed by atoms with Gasteiger partial charge in [0, 0.05) is 11.6 Å². The van der Waals surface area contributed by atoms with Crippen LogP contribution in [-0.2, 0) is 11.2 Å². The van der Waals surface area contributed by atoms with E-state index in [1.54, 1.807) is 0 Å². The number of aryl methyl sites for hydroxylation is 2. The van der Waals surface area contributed by atoms with Crippen LogP contribution in [0, 0.1) is 12.7 Å². The van der Waals surface area contributed by atoms with Gasteiger partial charge < -0.3 is 19.9 Å². The second-order valence-electron chi connectivity index (χ2n) is 8.17. The molecule has 5 rings (SSSR count). The van der Waals surface area contributed by atoms with Crippen LogP contribution in [0.3, 0.4) is 0 Å². The van der Waals surface area contributed by atoms with Gasteiger partial charge in [0.25, 0.3) is 0 Å². The predicted octanol–water partition coefficient (Wildman–Crippen LogP) is 3.76. The Bertz CT molecular complexity index is 925. The lowest BCUT2D eigenvalue weighted by Crippen LogP contribution is -2.62. The summed E-state index contributed by atoms with van der Waals surface area (Å²) in [4.78, 5) is 19.8. The van der Waals surface area contributed by atoms with Gasteiger partial charge in [-0.05, 0) is 57.9 Å². The first kappa shape index (κ1) is 19.8. The minimum atomic E-state index is -1.01. The number of nitrogens with zero attached hydrogens (tertiary/aromatic N) is 2. The van der Waals surface area contributed by atoms with E-state index < -0.39 is 11.6 Å². The lowest BCUT2D eigenvalue weighted by Gasteiger charge is -2.53. The molecular formula is C21H26FN3O4. The van der Waals surface area contributed by atoms with E-state index in [4.69, 9.17) is 14.6 Å². The molecule has 2 N–H and O–H groups in total. The van der Waals surface area contributed by atoms with Gasteiger partial charge in [-0.2, -0.15) is 0 Å². The van der Waals surface area contributed by atoms with E-state index in [2.05, 4.69) is 15.3 Å². The molecule has 2 aromatic rings. The number of hydrogen-bond acceptors (Lipinski definition) is 5. The summed E-state index contributed by atoms with van der Waals surface area (Å²) in [6.07, 6.45) is 4.38. The van der Waals surface area contributed by atoms with Crippen molar-refractivity contribution in [2.24, 2.45) is 0 Å². The van der Waals surface area contributed by atoms with Crippen molar-refractivity contribution in [2.75, 3.05) is 13.2 Å². The molecule has 0 radical (unpaired) electrons. The van der Waals surface area contributed by atoms with Crippen molar-refractivity contribution in [2.45, 2.75) is 63.5 Å². The first-order chi connectivity index (χ1) is 13.9. The molecule has 3 aliphatic rings. The maximum absolute atomic E-state index is 14.7. The minimum absolute atomic E-state index is 0.337. The van der Waals surface area contributed by atoms with E-state index in [1.165, 1.54) is 6.20 Å². The number of aromatic nitrogens is 2. The molecule has 29 heavy (non-hydrogen) atoms. The highest BCUT2D eigenvalue weighted by Crippen LogP contribution is 2.46. The maximum atomic E-state index is 14.7. The molecule has 2 aromatic heterocycles. The third kappa shape index (κ3) is 3.73. The molecule has 4 heterocycles. The van der Waals surface area contributed by atoms with Gasteiger partial charge in [0.05, 0.1) is 41.6 Å². The van der Waals surface area contributed by atoms with Crippen molar-refractivity contribution in [1.29, 1.82) is 0 Å². The summed E-state index contributed by atoms with van der Waals surface area (Å²) in [6.45, 7) is 4.65. The third-order valence-corrected chi connectivity index (χ3v) is 6.31. The minimum Gasteiger partial charge on any atom is -0.478 e. The number of hydrogen-bond donors (Lipinski definition) is 2. The van der Waals surface area contributed by atoms with E-state index >= 15 is 0 Å². The Morgan fingerprint density at radius 1 is 1.34 bits per heavy atom. The summed E-state index contributed by atoms with van der Waals surface area (Å²) in [5, 5.41) is 11.7. The van der Waals surface area contributed by atoms with Crippen LogP contribution < -0.4 is 10.1 Å². The molecule has 3 fully saturated rings. The Kier molecular flexibility index (Phi) is 5.06. The van der Waals surface area contributed by atoms with Crippen molar-refractivity contribution >= 4 is 17.1 Å². The van der Waals surface area contributed by atoms with Gasteiger partial charge in [0.1, 0.15) is 5.82 Å². The van der Waals surface area contributed by atoms with E-state index in [1.807, 2.05) is 19.9 Å². The van der Waals surface area contributed by atoms with Crippen molar-refractivity contribution in [3.05, 3.63) is 29.2 Å². The summed E-state index contributed by atoms with van der Waals surface area (Å²) < 4.78 is 26.4. The van der Waals surface area contributed by atoms with Crippen molar-refractivity contribution in [3.63, 3.8) is 0 Å². The Labute approximate surface area is 168 Å². The quantitative estimate of drug-likeness (QED) is 0.763. The van der Waals surface area contributed by atoms with Gasteiger partial charge in [-0.3, -0.25) is 4.98 Å². The number of fused-ring (bicyclic) bond motifs is 4. The molecule has 2 saturated heterocycles. The summed E-state index contributed by atoms with van der Waals surface area (Å²) in [6, 6.07) is 1.82. The smallest absolute Gasteiger partial charge is 0.405 e. The second kappa shape index (κ2) is 7.40. The van der Waals surface area contributed by atoms with Crippen LogP contribution in [0.5, 0.6) is 5.88 Å². The summed E-state index contributed by atoms with van der Waals surface area (Å²) in [5.41, 5.74) is 1.83. The van der Waals surface area contributed by atoms with Gasteiger partial charge >= 0.3 is 6.09 Å². The molecule has 0 atom stereocenters. The fourth-order valence-electron chi connectivity index (χ4n) is 4.61. The van der Waals surface area contributed by atoms with Gasteiger partial charge in [-0.1, -0.05) is 0 Å². The van der Waals surface area contributed by atoms with Crippen LogP contribution in [0.15, 0.2) is 12.3 Å². The molecule has 0 aromatic carbocycles.